The number of carbonyl (C=O) groups excluding carboxylic acids is 2. The first-order valence-electron chi connectivity index (χ1n) is 8.08. The number of amides is 2. The van der Waals surface area contributed by atoms with E-state index in [1.54, 1.807) is 35.7 Å². The lowest BCUT2D eigenvalue weighted by atomic mass is 9.84. The zero-order valence-electron chi connectivity index (χ0n) is 14.3. The minimum atomic E-state index is -0.635. The summed E-state index contributed by atoms with van der Waals surface area (Å²) in [4.78, 5) is 26.4. The molecule has 3 rings (SSSR count). The van der Waals surface area contributed by atoms with E-state index >= 15 is 0 Å². The number of hydrogen-bond donors (Lipinski definition) is 2. The Morgan fingerprint density at radius 1 is 1.44 bits per heavy atom. The Morgan fingerprint density at radius 3 is 2.80 bits per heavy atom. The van der Waals surface area contributed by atoms with Crippen molar-refractivity contribution >= 4 is 11.8 Å². The highest BCUT2D eigenvalue weighted by Crippen LogP contribution is 2.34. The number of hydroxylamine groups is 1. The van der Waals surface area contributed by atoms with E-state index in [1.807, 2.05) is 6.92 Å². The van der Waals surface area contributed by atoms with E-state index in [0.29, 0.717) is 38.7 Å². The molecule has 2 amide bonds. The molecule has 1 atom stereocenters. The van der Waals surface area contributed by atoms with Crippen LogP contribution in [0.5, 0.6) is 5.75 Å². The van der Waals surface area contributed by atoms with Gasteiger partial charge in [-0.25, -0.2) is 5.48 Å². The lowest BCUT2D eigenvalue weighted by Gasteiger charge is -2.43. The first-order valence-corrected chi connectivity index (χ1v) is 8.08. The molecule has 2 aliphatic heterocycles. The average Bonchev–Trinajstić information content (AvgIpc) is 2.75. The van der Waals surface area contributed by atoms with Crippen LogP contribution in [0.2, 0.25) is 0 Å². The summed E-state index contributed by atoms with van der Waals surface area (Å²) in [6, 6.07) is 4.76. The number of methoxy groups -OCH3 is 1. The van der Waals surface area contributed by atoms with Crippen molar-refractivity contribution in [3.63, 3.8) is 0 Å². The largest absolute Gasteiger partial charge is 0.491 e. The van der Waals surface area contributed by atoms with Gasteiger partial charge in [-0.1, -0.05) is 6.07 Å². The first-order chi connectivity index (χ1) is 12.0. The molecule has 0 saturated carbocycles. The normalized spacial score (nSPS) is 21.4. The fourth-order valence-corrected chi connectivity index (χ4v) is 3.13. The summed E-state index contributed by atoms with van der Waals surface area (Å²) in [5.41, 5.74) is 2.06. The minimum absolute atomic E-state index is 0.0123. The number of hydrogen-bond acceptors (Lipinski definition) is 6. The summed E-state index contributed by atoms with van der Waals surface area (Å²) in [5, 5.41) is 8.76. The van der Waals surface area contributed by atoms with Crippen LogP contribution < -0.4 is 10.2 Å². The van der Waals surface area contributed by atoms with Crippen molar-refractivity contribution in [3.8, 4) is 5.75 Å². The molecule has 2 aliphatic rings. The van der Waals surface area contributed by atoms with Gasteiger partial charge in [0.2, 0.25) is 5.91 Å². The van der Waals surface area contributed by atoms with E-state index in [1.165, 1.54) is 0 Å². The second kappa shape index (κ2) is 6.99. The second-order valence-corrected chi connectivity index (χ2v) is 6.56. The van der Waals surface area contributed by atoms with Crippen molar-refractivity contribution in [1.82, 2.24) is 10.4 Å². The number of carbonyl (C=O) groups is 2. The summed E-state index contributed by atoms with van der Waals surface area (Å²) in [7, 11) is 1.57. The van der Waals surface area contributed by atoms with Gasteiger partial charge in [-0.05, 0) is 19.1 Å². The van der Waals surface area contributed by atoms with Gasteiger partial charge in [0, 0.05) is 24.8 Å². The quantitative estimate of drug-likeness (QED) is 0.609. The van der Waals surface area contributed by atoms with Crippen LogP contribution >= 0.6 is 0 Å². The smallest absolute Gasteiger partial charge is 0.274 e. The van der Waals surface area contributed by atoms with Crippen LogP contribution in [-0.4, -0.2) is 61.5 Å². The Labute approximate surface area is 145 Å². The molecule has 0 aliphatic carbocycles. The fraction of sp³-hybridized carbons (Fsp3) is 0.529. The van der Waals surface area contributed by atoms with Crippen LogP contribution in [0.15, 0.2) is 18.2 Å². The van der Waals surface area contributed by atoms with E-state index in [0.717, 1.165) is 5.56 Å². The maximum absolute atomic E-state index is 13.1. The summed E-state index contributed by atoms with van der Waals surface area (Å²) < 4.78 is 16.3. The van der Waals surface area contributed by atoms with Crippen LogP contribution in [0.1, 0.15) is 22.8 Å². The molecule has 0 radical (unpaired) electrons. The molecule has 2 N–H and O–H groups in total. The number of nitrogens with zero attached hydrogens (tertiary/aromatic N) is 1. The Bertz CT molecular complexity index is 673. The molecule has 1 unspecified atom stereocenters. The van der Waals surface area contributed by atoms with Crippen LogP contribution in [0.25, 0.3) is 0 Å². The second-order valence-electron chi connectivity index (χ2n) is 6.56. The third-order valence-electron chi connectivity index (χ3n) is 4.68. The maximum atomic E-state index is 13.1. The molecule has 1 aromatic rings. The average molecular weight is 350 g/mol. The van der Waals surface area contributed by atoms with E-state index in [-0.39, 0.29) is 17.5 Å². The Hall–Kier alpha value is -2.16. The van der Waals surface area contributed by atoms with E-state index in [9.17, 15) is 9.59 Å². The topological polar surface area (TPSA) is 97.3 Å². The molecule has 1 fully saturated rings. The predicted molar refractivity (Wildman–Crippen MR) is 86.3 cm³/mol. The molecule has 8 nitrogen and oxygen atoms in total. The number of benzene rings is 1. The number of ether oxygens (including phenoxy) is 3. The highest BCUT2D eigenvalue weighted by molar-refractivity contribution is 5.94. The lowest BCUT2D eigenvalue weighted by molar-refractivity contribution is -0.185. The Kier molecular flexibility index (Phi) is 4.94. The summed E-state index contributed by atoms with van der Waals surface area (Å²) in [5.74, 6) is -0.0853. The first kappa shape index (κ1) is 17.7. The molecule has 1 aromatic carbocycles. The summed E-state index contributed by atoms with van der Waals surface area (Å²) >= 11 is 0. The number of nitrogens with one attached hydrogen (secondary N) is 1. The maximum Gasteiger partial charge on any atom is 0.274 e. The monoisotopic (exact) mass is 350 g/mol. The fourth-order valence-electron chi connectivity index (χ4n) is 3.13. The molecule has 0 aromatic heterocycles. The molecule has 2 heterocycles. The molecule has 8 heteroatoms. The van der Waals surface area contributed by atoms with Gasteiger partial charge in [-0.15, -0.1) is 0 Å². The highest BCUT2D eigenvalue weighted by atomic mass is 16.5. The van der Waals surface area contributed by atoms with Gasteiger partial charge in [-0.3, -0.25) is 14.8 Å². The standard InChI is InChI=1S/C17H22N2O6/c1-11-7-25-14-5-12(15(20)18-22)3-4-13(14)6-19(11)16(21)17(8-23-2)9-24-10-17/h3-5,11,22H,6-10H2,1-2H3,(H,18,20). The third kappa shape index (κ3) is 3.20. The molecular weight excluding hydrogens is 328 g/mol. The van der Waals surface area contributed by atoms with Gasteiger partial charge < -0.3 is 19.1 Å². The van der Waals surface area contributed by atoms with Crippen molar-refractivity contribution < 1.29 is 29.0 Å². The van der Waals surface area contributed by atoms with E-state index in [4.69, 9.17) is 19.4 Å². The molecular formula is C17H22N2O6. The predicted octanol–water partition coefficient (Wildman–Crippen LogP) is 0.578. The zero-order chi connectivity index (χ0) is 18.0. The zero-order valence-corrected chi connectivity index (χ0v) is 14.3. The van der Waals surface area contributed by atoms with E-state index in [2.05, 4.69) is 0 Å². The molecule has 136 valence electrons. The van der Waals surface area contributed by atoms with Gasteiger partial charge in [0.15, 0.2) is 0 Å². The number of rotatable bonds is 4. The Morgan fingerprint density at radius 2 is 2.20 bits per heavy atom. The van der Waals surface area contributed by atoms with Crippen LogP contribution in [0.4, 0.5) is 0 Å². The van der Waals surface area contributed by atoms with Crippen molar-refractivity contribution in [3.05, 3.63) is 29.3 Å². The van der Waals surface area contributed by atoms with Crippen molar-refractivity contribution in [2.24, 2.45) is 5.41 Å². The summed E-state index contributed by atoms with van der Waals surface area (Å²) in [6.45, 7) is 3.64. The van der Waals surface area contributed by atoms with Gasteiger partial charge >= 0.3 is 0 Å². The van der Waals surface area contributed by atoms with Crippen LogP contribution in [0, 0.1) is 5.41 Å². The van der Waals surface area contributed by atoms with Crippen molar-refractivity contribution in [1.29, 1.82) is 0 Å². The summed E-state index contributed by atoms with van der Waals surface area (Å²) in [6.07, 6.45) is 0. The van der Waals surface area contributed by atoms with Gasteiger partial charge in [0.25, 0.3) is 5.91 Å². The molecule has 1 saturated heterocycles. The van der Waals surface area contributed by atoms with Gasteiger partial charge in [-0.2, -0.15) is 0 Å². The van der Waals surface area contributed by atoms with Gasteiger partial charge in [0.1, 0.15) is 17.8 Å². The van der Waals surface area contributed by atoms with E-state index < -0.39 is 11.3 Å². The van der Waals surface area contributed by atoms with Crippen LogP contribution in [-0.2, 0) is 20.8 Å². The molecule has 0 spiro atoms. The lowest BCUT2D eigenvalue weighted by Crippen LogP contribution is -2.59. The third-order valence-corrected chi connectivity index (χ3v) is 4.68. The number of fused-ring (bicyclic) bond motifs is 1. The minimum Gasteiger partial charge on any atom is -0.491 e. The van der Waals surface area contributed by atoms with Crippen molar-refractivity contribution in [2.75, 3.05) is 33.5 Å². The SMILES string of the molecule is COCC1(C(=O)N2Cc3ccc(C(=O)NO)cc3OCC2C)COC1. The van der Waals surface area contributed by atoms with Gasteiger partial charge in [0.05, 0.1) is 25.9 Å². The van der Waals surface area contributed by atoms with Crippen LogP contribution in [0.3, 0.4) is 0 Å². The highest BCUT2D eigenvalue weighted by Gasteiger charge is 2.49. The Balaban J connectivity index is 1.85. The molecule has 0 bridgehead atoms. The molecule has 25 heavy (non-hydrogen) atoms. The van der Waals surface area contributed by atoms with Crippen molar-refractivity contribution in [2.45, 2.75) is 19.5 Å².